The van der Waals surface area contributed by atoms with Crippen LogP contribution in [0.15, 0.2) is 76.3 Å². The maximum atomic E-state index is 5.97. The molecule has 0 spiro atoms. The molecule has 0 saturated carbocycles. The van der Waals surface area contributed by atoms with E-state index in [9.17, 15) is 0 Å². The summed E-state index contributed by atoms with van der Waals surface area (Å²) in [5, 5.41) is 13.8. The first-order valence-corrected chi connectivity index (χ1v) is 11.9. The molecule has 8 nitrogen and oxygen atoms in total. The molecule has 0 aliphatic heterocycles. The van der Waals surface area contributed by atoms with Gasteiger partial charge in [-0.15, -0.1) is 10.2 Å². The number of anilines is 1. The summed E-state index contributed by atoms with van der Waals surface area (Å²) < 4.78 is 14.7. The van der Waals surface area contributed by atoms with Crippen LogP contribution >= 0.6 is 15.9 Å². The van der Waals surface area contributed by atoms with Crippen molar-refractivity contribution in [3.05, 3.63) is 82.3 Å². The van der Waals surface area contributed by atoms with E-state index in [4.69, 9.17) is 9.47 Å². The van der Waals surface area contributed by atoms with Gasteiger partial charge in [0, 0.05) is 16.9 Å². The molecule has 2 heterocycles. The predicted molar refractivity (Wildman–Crippen MR) is 141 cm³/mol. The van der Waals surface area contributed by atoms with Crippen LogP contribution in [0.5, 0.6) is 11.5 Å². The zero-order valence-electron chi connectivity index (χ0n) is 19.3. The summed E-state index contributed by atoms with van der Waals surface area (Å²) >= 11 is 3.51. The van der Waals surface area contributed by atoms with E-state index in [1.807, 2.05) is 85.3 Å². The van der Waals surface area contributed by atoms with Crippen LogP contribution in [0.2, 0.25) is 0 Å². The van der Waals surface area contributed by atoms with Crippen molar-refractivity contribution in [2.45, 2.75) is 13.5 Å². The van der Waals surface area contributed by atoms with E-state index in [-0.39, 0.29) is 0 Å². The highest BCUT2D eigenvalue weighted by Crippen LogP contribution is 2.29. The highest BCUT2D eigenvalue weighted by atomic mass is 79.9. The van der Waals surface area contributed by atoms with Gasteiger partial charge in [0.25, 0.3) is 5.95 Å². The zero-order chi connectivity index (χ0) is 24.2. The minimum absolute atomic E-state index is 0.312. The Balaban J connectivity index is 1.32. The summed E-state index contributed by atoms with van der Waals surface area (Å²) in [6.07, 6.45) is 1.68. The molecule has 5 aromatic rings. The van der Waals surface area contributed by atoms with E-state index in [1.165, 1.54) is 0 Å². The van der Waals surface area contributed by atoms with Crippen molar-refractivity contribution in [1.29, 1.82) is 0 Å². The van der Waals surface area contributed by atoms with Crippen LogP contribution < -0.4 is 14.9 Å². The SMILES string of the molecule is CCOc1cc(/C=N/Nc2nnc3c4cc(Br)ccc4n(C)c3n2)ccc1OCc1ccccc1. The van der Waals surface area contributed by atoms with E-state index >= 15 is 0 Å². The minimum atomic E-state index is 0.312. The summed E-state index contributed by atoms with van der Waals surface area (Å²) in [6.45, 7) is 2.94. The molecule has 2 aromatic heterocycles. The second kappa shape index (κ2) is 10.1. The third-order valence-corrected chi connectivity index (χ3v) is 5.94. The van der Waals surface area contributed by atoms with Crippen molar-refractivity contribution in [3.8, 4) is 11.5 Å². The number of hydrogen-bond donors (Lipinski definition) is 1. The molecule has 9 heteroatoms. The first-order chi connectivity index (χ1) is 17.1. The number of nitrogens with zero attached hydrogens (tertiary/aromatic N) is 5. The van der Waals surface area contributed by atoms with Crippen LogP contribution in [-0.4, -0.2) is 32.6 Å². The van der Waals surface area contributed by atoms with E-state index in [0.29, 0.717) is 30.7 Å². The van der Waals surface area contributed by atoms with E-state index in [1.54, 1.807) is 6.21 Å². The fourth-order valence-corrected chi connectivity index (χ4v) is 4.13. The Labute approximate surface area is 210 Å². The van der Waals surface area contributed by atoms with Gasteiger partial charge in [-0.2, -0.15) is 10.1 Å². The molecular weight excluding hydrogens is 508 g/mol. The van der Waals surface area contributed by atoms with Crippen LogP contribution in [0.25, 0.3) is 22.1 Å². The lowest BCUT2D eigenvalue weighted by atomic mass is 10.2. The molecule has 0 saturated heterocycles. The fourth-order valence-electron chi connectivity index (χ4n) is 3.77. The Bertz CT molecular complexity index is 1520. The van der Waals surface area contributed by atoms with Gasteiger partial charge in [-0.1, -0.05) is 46.3 Å². The van der Waals surface area contributed by atoms with Gasteiger partial charge in [0.05, 0.1) is 18.3 Å². The number of hydrazone groups is 1. The van der Waals surface area contributed by atoms with Gasteiger partial charge in [0.15, 0.2) is 17.1 Å². The van der Waals surface area contributed by atoms with Gasteiger partial charge in [0.2, 0.25) is 0 Å². The second-order valence-corrected chi connectivity index (χ2v) is 8.73. The van der Waals surface area contributed by atoms with Crippen molar-refractivity contribution in [1.82, 2.24) is 19.7 Å². The molecule has 0 radical (unpaired) electrons. The van der Waals surface area contributed by atoms with Gasteiger partial charge >= 0.3 is 0 Å². The van der Waals surface area contributed by atoms with Gasteiger partial charge < -0.3 is 14.0 Å². The number of fused-ring (bicyclic) bond motifs is 3. The number of aromatic nitrogens is 4. The van der Waals surface area contributed by atoms with E-state index < -0.39 is 0 Å². The summed E-state index contributed by atoms with van der Waals surface area (Å²) in [5.41, 5.74) is 7.31. The predicted octanol–water partition coefficient (Wildman–Crippen LogP) is 5.70. The third-order valence-electron chi connectivity index (χ3n) is 5.44. The molecule has 35 heavy (non-hydrogen) atoms. The summed E-state index contributed by atoms with van der Waals surface area (Å²) in [7, 11) is 1.96. The quantitative estimate of drug-likeness (QED) is 0.204. The van der Waals surface area contributed by atoms with E-state index in [2.05, 4.69) is 41.6 Å². The summed E-state index contributed by atoms with van der Waals surface area (Å²) in [5.74, 6) is 1.65. The maximum Gasteiger partial charge on any atom is 0.265 e. The number of ether oxygens (including phenoxy) is 2. The van der Waals surface area contributed by atoms with Crippen LogP contribution in [-0.2, 0) is 13.7 Å². The van der Waals surface area contributed by atoms with Crippen molar-refractivity contribution < 1.29 is 9.47 Å². The molecule has 0 bridgehead atoms. The molecule has 1 N–H and O–H groups in total. The molecule has 0 unspecified atom stereocenters. The van der Waals surface area contributed by atoms with Gasteiger partial charge in [-0.05, 0) is 54.4 Å². The largest absolute Gasteiger partial charge is 0.490 e. The van der Waals surface area contributed by atoms with Crippen LogP contribution in [0.4, 0.5) is 5.95 Å². The molecule has 0 aliphatic carbocycles. The first kappa shape index (κ1) is 22.8. The number of nitrogens with one attached hydrogen (secondary N) is 1. The molecule has 0 amide bonds. The molecule has 0 atom stereocenters. The molecule has 5 rings (SSSR count). The Morgan fingerprint density at radius 3 is 2.69 bits per heavy atom. The van der Waals surface area contributed by atoms with Crippen LogP contribution in [0.1, 0.15) is 18.1 Å². The van der Waals surface area contributed by atoms with Crippen molar-refractivity contribution in [3.63, 3.8) is 0 Å². The standard InChI is InChI=1S/C26H23BrN6O2/c1-3-34-23-13-18(9-12-22(23)35-16-17-7-5-4-6-8-17)15-28-31-26-29-25-24(30-32-26)20-14-19(27)10-11-21(20)33(25)2/h4-15H,3,16H2,1-2H3,(H,29,31,32)/b28-15+. The molecule has 176 valence electrons. The smallest absolute Gasteiger partial charge is 0.265 e. The number of rotatable bonds is 8. The number of halogens is 1. The number of benzene rings is 3. The molecular formula is C26H23BrN6O2. The van der Waals surface area contributed by atoms with Crippen molar-refractivity contribution >= 4 is 50.2 Å². The lowest BCUT2D eigenvalue weighted by molar-refractivity contribution is 0.269. The third kappa shape index (κ3) is 4.95. The minimum Gasteiger partial charge on any atom is -0.490 e. The van der Waals surface area contributed by atoms with Crippen molar-refractivity contribution in [2.75, 3.05) is 12.0 Å². The number of aryl methyl sites for hydroxylation is 1. The average molecular weight is 531 g/mol. The van der Waals surface area contributed by atoms with Crippen LogP contribution in [0, 0.1) is 0 Å². The number of hydrogen-bond acceptors (Lipinski definition) is 7. The fraction of sp³-hybridized carbons (Fsp3) is 0.154. The molecule has 3 aromatic carbocycles. The normalized spacial score (nSPS) is 11.4. The molecule has 0 fully saturated rings. The Morgan fingerprint density at radius 1 is 1.00 bits per heavy atom. The lowest BCUT2D eigenvalue weighted by Gasteiger charge is -2.12. The Morgan fingerprint density at radius 2 is 1.86 bits per heavy atom. The molecule has 0 aliphatic rings. The Hall–Kier alpha value is -3.98. The van der Waals surface area contributed by atoms with Crippen LogP contribution in [0.3, 0.4) is 0 Å². The van der Waals surface area contributed by atoms with E-state index in [0.717, 1.165) is 37.7 Å². The second-order valence-electron chi connectivity index (χ2n) is 7.81. The van der Waals surface area contributed by atoms with Gasteiger partial charge in [-0.3, -0.25) is 0 Å². The summed E-state index contributed by atoms with van der Waals surface area (Å²) in [6, 6.07) is 21.7. The monoisotopic (exact) mass is 530 g/mol. The first-order valence-electron chi connectivity index (χ1n) is 11.1. The Kier molecular flexibility index (Phi) is 6.58. The van der Waals surface area contributed by atoms with Crippen molar-refractivity contribution in [2.24, 2.45) is 12.1 Å². The average Bonchev–Trinajstić information content (AvgIpc) is 3.15. The highest BCUT2D eigenvalue weighted by Gasteiger charge is 2.13. The highest BCUT2D eigenvalue weighted by molar-refractivity contribution is 9.10. The zero-order valence-corrected chi connectivity index (χ0v) is 20.9. The van der Waals surface area contributed by atoms with Gasteiger partial charge in [-0.25, -0.2) is 5.43 Å². The lowest BCUT2D eigenvalue weighted by Crippen LogP contribution is -2.02. The van der Waals surface area contributed by atoms with Gasteiger partial charge in [0.1, 0.15) is 12.1 Å². The maximum absolute atomic E-state index is 5.97. The summed E-state index contributed by atoms with van der Waals surface area (Å²) in [4.78, 5) is 4.59. The topological polar surface area (TPSA) is 86.5 Å².